The van der Waals surface area contributed by atoms with Crippen molar-refractivity contribution in [2.24, 2.45) is 0 Å². The van der Waals surface area contributed by atoms with Gasteiger partial charge in [0.05, 0.1) is 13.2 Å². The van der Waals surface area contributed by atoms with E-state index in [2.05, 4.69) is 23.9 Å². The molecule has 2 saturated heterocycles. The van der Waals surface area contributed by atoms with Crippen molar-refractivity contribution in [3.8, 4) is 0 Å². The van der Waals surface area contributed by atoms with Crippen LogP contribution in [0.1, 0.15) is 60.8 Å². The second kappa shape index (κ2) is 33.9. The summed E-state index contributed by atoms with van der Waals surface area (Å²) in [5.41, 5.74) is 0. The molecule has 0 amide bonds. The normalized spacial score (nSPS) is 14.6. The molecule has 32 heavy (non-hydrogen) atoms. The Bertz CT molecular complexity index is 380. The van der Waals surface area contributed by atoms with Gasteiger partial charge < -0.3 is 14.5 Å². The van der Waals surface area contributed by atoms with Gasteiger partial charge in [0.2, 0.25) is 0 Å². The first kappa shape index (κ1) is 34.9. The third-order valence-corrected chi connectivity index (χ3v) is 4.15. The average molecular weight is 447 g/mol. The number of hydrogen-bond acceptors (Lipinski definition) is 3. The van der Waals surface area contributed by atoms with Gasteiger partial charge in [0, 0.05) is 13.1 Å². The smallest absolute Gasteiger partial charge is 0.0594 e. The molecule has 3 nitrogen and oxygen atoms in total. The number of nitrogens with zero attached hydrogens (tertiary/aromatic N) is 2. The molecule has 2 fully saturated rings. The van der Waals surface area contributed by atoms with E-state index in [1.54, 1.807) is 0 Å². The zero-order valence-electron chi connectivity index (χ0n) is 22.6. The largest absolute Gasteiger partial charge is 0.379 e. The van der Waals surface area contributed by atoms with Crippen LogP contribution in [0, 0.1) is 0 Å². The number of ether oxygens (including phenoxy) is 1. The highest BCUT2D eigenvalue weighted by Gasteiger charge is 2.02. The standard InChI is InChI=1S/C6H13N.2C6H6.C5H11NO.3C2H6/c1-7-5-3-2-4-6-7;2*1-2-4-6-5-3-1;1-6-2-4-7-5-3-6;3*1-2/h2-6H2,1H3;2*1-6H;2-5H2,1H3;3*1-2H3. The van der Waals surface area contributed by atoms with Crippen molar-refractivity contribution in [1.29, 1.82) is 0 Å². The fraction of sp³-hybridized carbons (Fsp3) is 0.586. The number of hydrogen-bond donors (Lipinski definition) is 0. The van der Waals surface area contributed by atoms with Gasteiger partial charge in [-0.05, 0) is 40.0 Å². The third kappa shape index (κ3) is 30.5. The number of rotatable bonds is 0. The SMILES string of the molecule is CC.CC.CC.CN1CCCCC1.CN1CCOCC1.c1ccccc1.c1ccccc1. The molecule has 0 spiro atoms. The van der Waals surface area contributed by atoms with Crippen LogP contribution in [0.3, 0.4) is 0 Å². The van der Waals surface area contributed by atoms with E-state index < -0.39 is 0 Å². The maximum Gasteiger partial charge on any atom is 0.0594 e. The minimum atomic E-state index is 0.913. The first-order valence-corrected chi connectivity index (χ1v) is 12.7. The number of piperidine rings is 1. The van der Waals surface area contributed by atoms with Crippen LogP contribution in [0.15, 0.2) is 72.8 Å². The Morgan fingerprint density at radius 3 is 0.812 bits per heavy atom. The molecular weight excluding hydrogens is 392 g/mol. The van der Waals surface area contributed by atoms with E-state index in [0.717, 1.165) is 26.3 Å². The summed E-state index contributed by atoms with van der Waals surface area (Å²) in [7, 11) is 4.31. The lowest BCUT2D eigenvalue weighted by molar-refractivity contribution is 0.0503. The Morgan fingerprint density at radius 2 is 0.656 bits per heavy atom. The van der Waals surface area contributed by atoms with Crippen LogP contribution in [-0.4, -0.2) is 63.3 Å². The summed E-state index contributed by atoms with van der Waals surface area (Å²) in [6.07, 6.45) is 4.28. The van der Waals surface area contributed by atoms with Crippen molar-refractivity contribution in [2.45, 2.75) is 60.8 Å². The molecule has 3 heteroatoms. The van der Waals surface area contributed by atoms with E-state index >= 15 is 0 Å². The molecular formula is C29H54N2O. The second-order valence-electron chi connectivity index (χ2n) is 6.59. The van der Waals surface area contributed by atoms with E-state index in [9.17, 15) is 0 Å². The van der Waals surface area contributed by atoms with Crippen LogP contribution < -0.4 is 0 Å². The van der Waals surface area contributed by atoms with E-state index in [-0.39, 0.29) is 0 Å². The van der Waals surface area contributed by atoms with Gasteiger partial charge in [0.1, 0.15) is 0 Å². The quantitative estimate of drug-likeness (QED) is 0.416. The molecule has 2 aliphatic rings. The highest BCUT2D eigenvalue weighted by atomic mass is 16.5. The van der Waals surface area contributed by atoms with Crippen LogP contribution in [0.25, 0.3) is 0 Å². The molecule has 0 aromatic heterocycles. The fourth-order valence-electron chi connectivity index (χ4n) is 2.48. The molecule has 2 heterocycles. The molecule has 0 atom stereocenters. The third-order valence-electron chi connectivity index (χ3n) is 4.15. The van der Waals surface area contributed by atoms with E-state index in [4.69, 9.17) is 4.74 Å². The van der Waals surface area contributed by atoms with E-state index in [1.165, 1.54) is 32.4 Å². The molecule has 0 aliphatic carbocycles. The first-order chi connectivity index (χ1) is 15.8. The van der Waals surface area contributed by atoms with Gasteiger partial charge in [-0.3, -0.25) is 0 Å². The van der Waals surface area contributed by atoms with Crippen LogP contribution in [-0.2, 0) is 4.74 Å². The summed E-state index contributed by atoms with van der Waals surface area (Å²) < 4.78 is 5.10. The summed E-state index contributed by atoms with van der Waals surface area (Å²) in [4.78, 5) is 4.66. The molecule has 2 aromatic carbocycles. The molecule has 2 aliphatic heterocycles. The maximum absolute atomic E-state index is 5.10. The van der Waals surface area contributed by atoms with Gasteiger partial charge in [-0.1, -0.05) is 121 Å². The Kier molecular flexibility index (Phi) is 37.0. The van der Waals surface area contributed by atoms with E-state index in [1.807, 2.05) is 114 Å². The van der Waals surface area contributed by atoms with Crippen molar-refractivity contribution in [3.05, 3.63) is 72.8 Å². The zero-order chi connectivity index (χ0) is 24.7. The van der Waals surface area contributed by atoms with Gasteiger partial charge in [-0.2, -0.15) is 0 Å². The van der Waals surface area contributed by atoms with Crippen LogP contribution >= 0.6 is 0 Å². The van der Waals surface area contributed by atoms with Crippen molar-refractivity contribution in [3.63, 3.8) is 0 Å². The van der Waals surface area contributed by atoms with Crippen molar-refractivity contribution in [2.75, 3.05) is 53.5 Å². The predicted octanol–water partition coefficient (Wildman–Crippen LogP) is 7.50. The molecule has 186 valence electrons. The van der Waals surface area contributed by atoms with Gasteiger partial charge >= 0.3 is 0 Å². The van der Waals surface area contributed by atoms with Gasteiger partial charge in [0.15, 0.2) is 0 Å². The highest BCUT2D eigenvalue weighted by Crippen LogP contribution is 2.04. The maximum atomic E-state index is 5.10. The highest BCUT2D eigenvalue weighted by molar-refractivity contribution is 4.99. The van der Waals surface area contributed by atoms with Crippen molar-refractivity contribution >= 4 is 0 Å². The molecule has 2 aromatic rings. The number of benzene rings is 2. The first-order valence-electron chi connectivity index (χ1n) is 12.7. The Labute approximate surface area is 201 Å². The Hall–Kier alpha value is -1.68. The summed E-state index contributed by atoms with van der Waals surface area (Å²) in [6, 6.07) is 24.0. The molecule has 0 radical (unpaired) electrons. The van der Waals surface area contributed by atoms with E-state index in [0.29, 0.717) is 0 Å². The number of likely N-dealkylation sites (N-methyl/N-ethyl adjacent to an activating group) is 1. The lowest BCUT2D eigenvalue weighted by Crippen LogP contribution is -2.32. The minimum absolute atomic E-state index is 0.913. The number of likely N-dealkylation sites (tertiary alicyclic amines) is 1. The summed E-state index contributed by atoms with van der Waals surface area (Å²) in [5.74, 6) is 0. The fourth-order valence-corrected chi connectivity index (χ4v) is 2.48. The average Bonchev–Trinajstić information content (AvgIpc) is 2.92. The predicted molar refractivity (Wildman–Crippen MR) is 147 cm³/mol. The van der Waals surface area contributed by atoms with Crippen LogP contribution in [0.2, 0.25) is 0 Å². The van der Waals surface area contributed by atoms with Crippen molar-refractivity contribution < 1.29 is 4.74 Å². The van der Waals surface area contributed by atoms with Gasteiger partial charge in [-0.15, -0.1) is 0 Å². The topological polar surface area (TPSA) is 15.7 Å². The summed E-state index contributed by atoms with van der Waals surface area (Å²) in [6.45, 7) is 18.7. The lowest BCUT2D eigenvalue weighted by atomic mass is 10.1. The number of morpholine rings is 1. The summed E-state index contributed by atoms with van der Waals surface area (Å²) in [5, 5.41) is 0. The zero-order valence-corrected chi connectivity index (χ0v) is 22.6. The molecule has 0 unspecified atom stereocenters. The Morgan fingerprint density at radius 1 is 0.406 bits per heavy atom. The molecule has 4 rings (SSSR count). The summed E-state index contributed by atoms with van der Waals surface area (Å²) >= 11 is 0. The minimum Gasteiger partial charge on any atom is -0.379 e. The van der Waals surface area contributed by atoms with Crippen LogP contribution in [0.4, 0.5) is 0 Å². The van der Waals surface area contributed by atoms with Gasteiger partial charge in [0.25, 0.3) is 0 Å². The molecule has 0 saturated carbocycles. The lowest BCUT2D eigenvalue weighted by Gasteiger charge is -2.21. The molecule has 0 N–H and O–H groups in total. The monoisotopic (exact) mass is 446 g/mol. The second-order valence-corrected chi connectivity index (χ2v) is 6.59. The van der Waals surface area contributed by atoms with Crippen LogP contribution in [0.5, 0.6) is 0 Å². The van der Waals surface area contributed by atoms with Crippen molar-refractivity contribution in [1.82, 2.24) is 9.80 Å². The van der Waals surface area contributed by atoms with Gasteiger partial charge in [-0.25, -0.2) is 0 Å². The molecule has 0 bridgehead atoms. The Balaban J connectivity index is -0.000000325.